The number of rotatable bonds is 1. The number of hydrogen-bond donors (Lipinski definition) is 1. The Bertz CT molecular complexity index is 456. The molecule has 104 valence electrons. The molecule has 0 saturated carbocycles. The second-order valence-corrected chi connectivity index (χ2v) is 4.68. The van der Waals surface area contributed by atoms with Gasteiger partial charge in [0.2, 0.25) is 0 Å². The fourth-order valence-electron chi connectivity index (χ4n) is 2.10. The third kappa shape index (κ3) is 3.26. The number of carbonyl (C=O) groups excluding carboxylic acids is 1. The second-order valence-electron chi connectivity index (χ2n) is 4.68. The molecule has 0 bridgehead atoms. The van der Waals surface area contributed by atoms with Gasteiger partial charge in [0, 0.05) is 31.2 Å². The van der Waals surface area contributed by atoms with Crippen LogP contribution >= 0.6 is 0 Å². The quantitative estimate of drug-likeness (QED) is 0.849. The maximum atomic E-state index is 12.4. The molecule has 19 heavy (non-hydrogen) atoms. The van der Waals surface area contributed by atoms with Crippen molar-refractivity contribution in [3.63, 3.8) is 0 Å². The van der Waals surface area contributed by atoms with Gasteiger partial charge in [0.25, 0.3) is 5.91 Å². The van der Waals surface area contributed by atoms with Crippen LogP contribution in [0.2, 0.25) is 0 Å². The lowest BCUT2D eigenvalue weighted by Crippen LogP contribution is -2.51. The number of alkyl halides is 3. The maximum Gasteiger partial charge on any atom is 0.416 e. The van der Waals surface area contributed by atoms with Crippen LogP contribution in [-0.2, 0) is 6.18 Å². The Morgan fingerprint density at radius 2 is 1.95 bits per heavy atom. The molecule has 1 aromatic carbocycles. The topological polar surface area (TPSA) is 32.3 Å². The maximum absolute atomic E-state index is 12.4. The summed E-state index contributed by atoms with van der Waals surface area (Å²) in [7, 11) is 0. The van der Waals surface area contributed by atoms with E-state index in [1.807, 2.05) is 6.92 Å². The third-order valence-electron chi connectivity index (χ3n) is 3.12. The monoisotopic (exact) mass is 272 g/mol. The smallest absolute Gasteiger partial charge is 0.336 e. The molecule has 1 saturated heterocycles. The highest BCUT2D eigenvalue weighted by atomic mass is 19.4. The Balaban J connectivity index is 2.11. The predicted octanol–water partition coefficient (Wildman–Crippen LogP) is 2.14. The molecule has 2 rings (SSSR count). The normalized spacial score (nSPS) is 20.4. The molecule has 0 spiro atoms. The van der Waals surface area contributed by atoms with E-state index in [1.54, 1.807) is 4.90 Å². The van der Waals surface area contributed by atoms with Crippen molar-refractivity contribution in [2.24, 2.45) is 0 Å². The summed E-state index contributed by atoms with van der Waals surface area (Å²) in [5.41, 5.74) is -0.445. The van der Waals surface area contributed by atoms with Gasteiger partial charge in [-0.15, -0.1) is 0 Å². The van der Waals surface area contributed by atoms with Crippen LogP contribution in [0.25, 0.3) is 0 Å². The third-order valence-corrected chi connectivity index (χ3v) is 3.12. The Hall–Kier alpha value is -1.56. The van der Waals surface area contributed by atoms with Gasteiger partial charge in [0.05, 0.1) is 5.56 Å². The van der Waals surface area contributed by atoms with E-state index in [-0.39, 0.29) is 11.9 Å². The minimum Gasteiger partial charge on any atom is -0.336 e. The number of halogens is 3. The standard InChI is InChI=1S/C13H15F3N2O/c1-9-8-18(7-6-17-9)12(19)10-2-4-11(5-3-10)13(14,15)16/h2-5,9,17H,6-8H2,1H3/t9-/m1/s1. The molecule has 1 heterocycles. The summed E-state index contributed by atoms with van der Waals surface area (Å²) in [5, 5.41) is 3.20. The number of hydrogen-bond acceptors (Lipinski definition) is 2. The largest absolute Gasteiger partial charge is 0.416 e. The van der Waals surface area contributed by atoms with Gasteiger partial charge < -0.3 is 10.2 Å². The number of carbonyl (C=O) groups is 1. The van der Waals surface area contributed by atoms with E-state index in [0.717, 1.165) is 12.1 Å². The van der Waals surface area contributed by atoms with Crippen LogP contribution in [0.3, 0.4) is 0 Å². The van der Waals surface area contributed by atoms with Crippen molar-refractivity contribution >= 4 is 5.91 Å². The van der Waals surface area contributed by atoms with E-state index >= 15 is 0 Å². The lowest BCUT2D eigenvalue weighted by molar-refractivity contribution is -0.137. The van der Waals surface area contributed by atoms with Crippen molar-refractivity contribution in [3.8, 4) is 0 Å². The van der Waals surface area contributed by atoms with Crippen molar-refractivity contribution < 1.29 is 18.0 Å². The first-order valence-electron chi connectivity index (χ1n) is 6.08. The molecular weight excluding hydrogens is 257 g/mol. The van der Waals surface area contributed by atoms with E-state index < -0.39 is 11.7 Å². The fraction of sp³-hybridized carbons (Fsp3) is 0.462. The van der Waals surface area contributed by atoms with Crippen LogP contribution in [0.5, 0.6) is 0 Å². The van der Waals surface area contributed by atoms with Crippen LogP contribution in [0.15, 0.2) is 24.3 Å². The lowest BCUT2D eigenvalue weighted by Gasteiger charge is -2.32. The molecule has 1 aliphatic rings. The summed E-state index contributed by atoms with van der Waals surface area (Å²) < 4.78 is 37.3. The molecule has 6 heteroatoms. The molecule has 1 aromatic rings. The molecule has 1 amide bonds. The Morgan fingerprint density at radius 1 is 1.32 bits per heavy atom. The fourth-order valence-corrected chi connectivity index (χ4v) is 2.10. The highest BCUT2D eigenvalue weighted by molar-refractivity contribution is 5.94. The zero-order valence-electron chi connectivity index (χ0n) is 10.5. The molecule has 1 fully saturated rings. The SMILES string of the molecule is C[C@@H]1CN(C(=O)c2ccc(C(F)(F)F)cc2)CCN1. The van der Waals surface area contributed by atoms with Gasteiger partial charge in [-0.2, -0.15) is 13.2 Å². The number of amides is 1. The molecule has 0 radical (unpaired) electrons. The van der Waals surface area contributed by atoms with E-state index in [1.165, 1.54) is 12.1 Å². The molecule has 0 aliphatic carbocycles. The Kier molecular flexibility index (Phi) is 3.80. The number of benzene rings is 1. The van der Waals surface area contributed by atoms with Gasteiger partial charge in [-0.3, -0.25) is 4.79 Å². The first-order chi connectivity index (χ1) is 8.88. The lowest BCUT2D eigenvalue weighted by atomic mass is 10.1. The van der Waals surface area contributed by atoms with Gasteiger partial charge in [-0.1, -0.05) is 0 Å². The molecule has 3 nitrogen and oxygen atoms in total. The zero-order valence-corrected chi connectivity index (χ0v) is 10.5. The molecule has 1 aliphatic heterocycles. The van der Waals surface area contributed by atoms with Crippen LogP contribution in [0, 0.1) is 0 Å². The average Bonchev–Trinajstić information content (AvgIpc) is 2.37. The number of piperazine rings is 1. The van der Waals surface area contributed by atoms with E-state index in [4.69, 9.17) is 0 Å². The summed E-state index contributed by atoms with van der Waals surface area (Å²) in [5.74, 6) is -0.220. The second kappa shape index (κ2) is 5.21. The zero-order chi connectivity index (χ0) is 14.0. The van der Waals surface area contributed by atoms with Gasteiger partial charge in [0.15, 0.2) is 0 Å². The molecule has 0 unspecified atom stereocenters. The molecule has 1 atom stereocenters. The number of nitrogens with one attached hydrogen (secondary N) is 1. The van der Waals surface area contributed by atoms with E-state index in [9.17, 15) is 18.0 Å². The first-order valence-corrected chi connectivity index (χ1v) is 6.08. The highest BCUT2D eigenvalue weighted by Crippen LogP contribution is 2.29. The van der Waals surface area contributed by atoms with Crippen molar-refractivity contribution in [1.29, 1.82) is 0 Å². The van der Waals surface area contributed by atoms with E-state index in [2.05, 4.69) is 5.32 Å². The van der Waals surface area contributed by atoms with Crippen molar-refractivity contribution in [2.45, 2.75) is 19.1 Å². The summed E-state index contributed by atoms with van der Waals surface area (Å²) in [6.07, 6.45) is -4.37. The highest BCUT2D eigenvalue weighted by Gasteiger charge is 2.30. The minimum atomic E-state index is -4.37. The summed E-state index contributed by atoms with van der Waals surface area (Å²) in [6.45, 7) is 3.81. The van der Waals surface area contributed by atoms with Gasteiger partial charge in [-0.25, -0.2) is 0 Å². The summed E-state index contributed by atoms with van der Waals surface area (Å²) in [6, 6.07) is 4.56. The van der Waals surface area contributed by atoms with Crippen LogP contribution in [-0.4, -0.2) is 36.5 Å². The summed E-state index contributed by atoms with van der Waals surface area (Å²) in [4.78, 5) is 13.8. The minimum absolute atomic E-state index is 0.201. The molecule has 1 N–H and O–H groups in total. The van der Waals surface area contributed by atoms with Gasteiger partial charge in [0.1, 0.15) is 0 Å². The van der Waals surface area contributed by atoms with Crippen molar-refractivity contribution in [2.75, 3.05) is 19.6 Å². The average molecular weight is 272 g/mol. The van der Waals surface area contributed by atoms with Gasteiger partial charge >= 0.3 is 6.18 Å². The van der Waals surface area contributed by atoms with Gasteiger partial charge in [-0.05, 0) is 31.2 Å². The Labute approximate surface area is 109 Å². The molecular formula is C13H15F3N2O. The van der Waals surface area contributed by atoms with Crippen LogP contribution < -0.4 is 5.32 Å². The molecule has 0 aromatic heterocycles. The predicted molar refractivity (Wildman–Crippen MR) is 64.8 cm³/mol. The van der Waals surface area contributed by atoms with Crippen molar-refractivity contribution in [3.05, 3.63) is 35.4 Å². The van der Waals surface area contributed by atoms with Crippen LogP contribution in [0.4, 0.5) is 13.2 Å². The Morgan fingerprint density at radius 3 is 2.47 bits per heavy atom. The summed E-state index contributed by atoms with van der Waals surface area (Å²) >= 11 is 0. The first kappa shape index (κ1) is 13.9. The number of nitrogens with zero attached hydrogens (tertiary/aromatic N) is 1. The van der Waals surface area contributed by atoms with E-state index in [0.29, 0.717) is 25.2 Å². The van der Waals surface area contributed by atoms with Crippen LogP contribution in [0.1, 0.15) is 22.8 Å². The van der Waals surface area contributed by atoms with Crippen molar-refractivity contribution in [1.82, 2.24) is 10.2 Å².